The maximum absolute atomic E-state index is 4.49. The summed E-state index contributed by atoms with van der Waals surface area (Å²) in [5, 5.41) is 5.52. The zero-order valence-electron chi connectivity index (χ0n) is 10.9. The topological polar surface area (TPSA) is 37.8 Å². The van der Waals surface area contributed by atoms with Crippen LogP contribution in [0.15, 0.2) is 42.0 Å². The Hall–Kier alpha value is -1.78. The van der Waals surface area contributed by atoms with Crippen LogP contribution >= 0.6 is 11.3 Å². The van der Waals surface area contributed by atoms with Crippen LogP contribution in [0.2, 0.25) is 0 Å². The van der Waals surface area contributed by atoms with Gasteiger partial charge in [0.05, 0.1) is 17.1 Å². The number of nitrogens with zero attached hydrogens (tertiary/aromatic N) is 2. The average molecular weight is 269 g/mol. The molecule has 4 heteroatoms. The van der Waals surface area contributed by atoms with E-state index < -0.39 is 0 Å². The van der Waals surface area contributed by atoms with Crippen LogP contribution < -0.4 is 5.32 Å². The van der Waals surface area contributed by atoms with Crippen LogP contribution in [-0.2, 0) is 0 Å². The second kappa shape index (κ2) is 5.07. The van der Waals surface area contributed by atoms with Gasteiger partial charge in [-0.05, 0) is 37.0 Å². The molecular formula is C15H15N3S. The zero-order chi connectivity index (χ0) is 13.2. The van der Waals surface area contributed by atoms with E-state index in [1.54, 1.807) is 23.7 Å². The minimum atomic E-state index is 0.159. The summed E-state index contributed by atoms with van der Waals surface area (Å²) in [5.74, 6) is 0. The van der Waals surface area contributed by atoms with E-state index in [-0.39, 0.29) is 6.04 Å². The lowest BCUT2D eigenvalue weighted by Crippen LogP contribution is -2.18. The van der Waals surface area contributed by atoms with E-state index in [0.717, 1.165) is 11.0 Å². The molecule has 1 unspecified atom stereocenters. The first-order valence-corrected chi connectivity index (χ1v) is 7.10. The Labute approximate surface area is 116 Å². The number of aromatic nitrogens is 2. The van der Waals surface area contributed by atoms with E-state index in [4.69, 9.17) is 0 Å². The average Bonchev–Trinajstić information content (AvgIpc) is 2.86. The van der Waals surface area contributed by atoms with Gasteiger partial charge in [0.2, 0.25) is 0 Å². The summed E-state index contributed by atoms with van der Waals surface area (Å²) in [6.45, 7) is 2.15. The summed E-state index contributed by atoms with van der Waals surface area (Å²) in [4.78, 5) is 10.2. The van der Waals surface area contributed by atoms with Crippen molar-refractivity contribution in [3.05, 3.63) is 58.0 Å². The van der Waals surface area contributed by atoms with Crippen molar-refractivity contribution in [2.45, 2.75) is 13.0 Å². The minimum absolute atomic E-state index is 0.159. The van der Waals surface area contributed by atoms with Crippen molar-refractivity contribution in [1.82, 2.24) is 15.3 Å². The van der Waals surface area contributed by atoms with Gasteiger partial charge in [0.15, 0.2) is 0 Å². The molecule has 0 aliphatic carbocycles. The van der Waals surface area contributed by atoms with Gasteiger partial charge in [0.1, 0.15) is 0 Å². The number of benzene rings is 1. The van der Waals surface area contributed by atoms with Gasteiger partial charge in [-0.15, -0.1) is 11.3 Å². The molecule has 0 bridgehead atoms. The third kappa shape index (κ3) is 2.13. The van der Waals surface area contributed by atoms with Crippen molar-refractivity contribution < 1.29 is 0 Å². The Kier molecular flexibility index (Phi) is 3.27. The van der Waals surface area contributed by atoms with Gasteiger partial charge in [-0.2, -0.15) is 0 Å². The van der Waals surface area contributed by atoms with Crippen LogP contribution in [0.4, 0.5) is 0 Å². The number of para-hydroxylation sites is 1. The quantitative estimate of drug-likeness (QED) is 0.792. The molecule has 0 saturated heterocycles. The summed E-state index contributed by atoms with van der Waals surface area (Å²) in [6, 6.07) is 8.50. The van der Waals surface area contributed by atoms with Crippen molar-refractivity contribution in [1.29, 1.82) is 0 Å². The number of aryl methyl sites for hydroxylation is 1. The van der Waals surface area contributed by atoms with E-state index in [1.165, 1.54) is 16.0 Å². The molecule has 3 aromatic rings. The second-order valence-electron chi connectivity index (χ2n) is 4.43. The predicted octanol–water partition coefficient (Wildman–Crippen LogP) is 3.31. The Balaban J connectivity index is 2.20. The normalized spacial score (nSPS) is 12.7. The third-order valence-electron chi connectivity index (χ3n) is 3.34. The lowest BCUT2D eigenvalue weighted by atomic mass is 9.98. The van der Waals surface area contributed by atoms with Crippen LogP contribution in [0.3, 0.4) is 0 Å². The molecule has 1 N–H and O–H groups in total. The molecule has 3 nitrogen and oxygen atoms in total. The van der Waals surface area contributed by atoms with E-state index in [1.807, 2.05) is 19.2 Å². The van der Waals surface area contributed by atoms with Crippen molar-refractivity contribution in [2.75, 3.05) is 7.05 Å². The minimum Gasteiger partial charge on any atom is -0.309 e. The molecule has 0 radical (unpaired) electrons. The van der Waals surface area contributed by atoms with Crippen LogP contribution in [-0.4, -0.2) is 17.0 Å². The number of hydrogen-bond donors (Lipinski definition) is 1. The Bertz CT molecular complexity index is 700. The molecule has 1 aromatic carbocycles. The van der Waals surface area contributed by atoms with Crippen LogP contribution in [0, 0.1) is 6.92 Å². The first-order chi connectivity index (χ1) is 9.31. The molecule has 96 valence electrons. The highest BCUT2D eigenvalue weighted by Crippen LogP contribution is 2.30. The molecule has 0 saturated carbocycles. The molecule has 0 aliphatic heterocycles. The molecule has 0 spiro atoms. The largest absolute Gasteiger partial charge is 0.309 e. The highest BCUT2D eigenvalue weighted by molar-refractivity contribution is 7.10. The highest BCUT2D eigenvalue weighted by atomic mass is 32.1. The fourth-order valence-corrected chi connectivity index (χ4v) is 3.16. The zero-order valence-corrected chi connectivity index (χ0v) is 11.7. The summed E-state index contributed by atoms with van der Waals surface area (Å²) in [5.41, 5.74) is 4.39. The molecule has 0 amide bonds. The maximum atomic E-state index is 4.49. The fraction of sp³-hybridized carbons (Fsp3) is 0.200. The van der Waals surface area contributed by atoms with Gasteiger partial charge in [0.25, 0.3) is 0 Å². The summed E-state index contributed by atoms with van der Waals surface area (Å²) in [7, 11) is 1.98. The predicted molar refractivity (Wildman–Crippen MR) is 79.5 cm³/mol. The molecule has 0 aliphatic rings. The Morgan fingerprint density at radius 2 is 1.95 bits per heavy atom. The summed E-state index contributed by atoms with van der Waals surface area (Å²) >= 11 is 1.77. The van der Waals surface area contributed by atoms with Gasteiger partial charge >= 0.3 is 0 Å². The first kappa shape index (κ1) is 12.3. The summed E-state index contributed by atoms with van der Waals surface area (Å²) in [6.07, 6.45) is 3.48. The number of thiophene rings is 1. The molecule has 3 rings (SSSR count). The van der Waals surface area contributed by atoms with Crippen LogP contribution in [0.5, 0.6) is 0 Å². The number of fused-ring (bicyclic) bond motifs is 1. The number of nitrogens with one attached hydrogen (secondary N) is 1. The van der Waals surface area contributed by atoms with Crippen molar-refractivity contribution >= 4 is 22.4 Å². The number of hydrogen-bond acceptors (Lipinski definition) is 4. The first-order valence-electron chi connectivity index (χ1n) is 6.22. The van der Waals surface area contributed by atoms with Crippen LogP contribution in [0.25, 0.3) is 11.0 Å². The lowest BCUT2D eigenvalue weighted by molar-refractivity contribution is 0.694. The lowest BCUT2D eigenvalue weighted by Gasteiger charge is -2.18. The third-order valence-corrected chi connectivity index (χ3v) is 4.20. The molecule has 19 heavy (non-hydrogen) atoms. The standard InChI is InChI=1S/C15H15N3S/c1-10-11(6-9-19-10)14(16-2)12-4-3-5-13-15(12)18-8-7-17-13/h3-9,14,16H,1-2H3. The van der Waals surface area contributed by atoms with Gasteiger partial charge < -0.3 is 5.32 Å². The summed E-state index contributed by atoms with van der Waals surface area (Å²) < 4.78 is 0. The number of rotatable bonds is 3. The molecular weight excluding hydrogens is 254 g/mol. The molecule has 1 atom stereocenters. The van der Waals surface area contributed by atoms with E-state index in [0.29, 0.717) is 0 Å². The second-order valence-corrected chi connectivity index (χ2v) is 5.55. The van der Waals surface area contributed by atoms with Crippen molar-refractivity contribution in [3.8, 4) is 0 Å². The molecule has 2 aromatic heterocycles. The van der Waals surface area contributed by atoms with Gasteiger partial charge in [-0.25, -0.2) is 0 Å². The van der Waals surface area contributed by atoms with Crippen molar-refractivity contribution in [3.63, 3.8) is 0 Å². The van der Waals surface area contributed by atoms with E-state index >= 15 is 0 Å². The fourth-order valence-electron chi connectivity index (χ4n) is 2.42. The Morgan fingerprint density at radius 1 is 1.11 bits per heavy atom. The van der Waals surface area contributed by atoms with E-state index in [9.17, 15) is 0 Å². The van der Waals surface area contributed by atoms with E-state index in [2.05, 4.69) is 39.7 Å². The Morgan fingerprint density at radius 3 is 2.68 bits per heavy atom. The smallest absolute Gasteiger partial charge is 0.0937 e. The van der Waals surface area contributed by atoms with Crippen molar-refractivity contribution in [2.24, 2.45) is 0 Å². The molecule has 2 heterocycles. The molecule has 0 fully saturated rings. The highest BCUT2D eigenvalue weighted by Gasteiger charge is 2.18. The van der Waals surface area contributed by atoms with Crippen LogP contribution in [0.1, 0.15) is 22.0 Å². The van der Waals surface area contributed by atoms with Gasteiger partial charge in [-0.3, -0.25) is 9.97 Å². The van der Waals surface area contributed by atoms with Gasteiger partial charge in [0, 0.05) is 22.8 Å². The maximum Gasteiger partial charge on any atom is 0.0937 e. The monoisotopic (exact) mass is 269 g/mol. The van der Waals surface area contributed by atoms with Gasteiger partial charge in [-0.1, -0.05) is 12.1 Å². The SMILES string of the molecule is CNC(c1ccsc1C)c1cccc2nccnc12.